The van der Waals surface area contributed by atoms with Crippen molar-refractivity contribution in [2.45, 2.75) is 6.92 Å². The van der Waals surface area contributed by atoms with Crippen molar-refractivity contribution in [1.82, 2.24) is 4.98 Å². The lowest BCUT2D eigenvalue weighted by atomic mass is 10.2. The molecule has 6 heteroatoms. The van der Waals surface area contributed by atoms with E-state index in [-0.39, 0.29) is 11.3 Å². The summed E-state index contributed by atoms with van der Waals surface area (Å²) in [4.78, 5) is 27.1. The van der Waals surface area contributed by atoms with E-state index in [2.05, 4.69) is 15.0 Å². The van der Waals surface area contributed by atoms with Crippen molar-refractivity contribution in [3.63, 3.8) is 0 Å². The van der Waals surface area contributed by atoms with Gasteiger partial charge in [0, 0.05) is 11.9 Å². The van der Waals surface area contributed by atoms with Crippen LogP contribution in [-0.2, 0) is 4.74 Å². The average Bonchev–Trinajstić information content (AvgIpc) is 2.50. The van der Waals surface area contributed by atoms with E-state index >= 15 is 0 Å². The molecule has 2 aromatic rings. The summed E-state index contributed by atoms with van der Waals surface area (Å²) in [6.45, 7) is 1.63. The van der Waals surface area contributed by atoms with Gasteiger partial charge < -0.3 is 10.1 Å². The van der Waals surface area contributed by atoms with E-state index < -0.39 is 17.7 Å². The molecule has 1 heterocycles. The lowest BCUT2D eigenvalue weighted by molar-refractivity contribution is 0.0600. The summed E-state index contributed by atoms with van der Waals surface area (Å²) in [7, 11) is 1.26. The molecule has 0 aliphatic rings. The monoisotopic (exact) mass is 288 g/mol. The zero-order valence-electron chi connectivity index (χ0n) is 11.5. The van der Waals surface area contributed by atoms with Crippen molar-refractivity contribution in [3.05, 3.63) is 59.2 Å². The van der Waals surface area contributed by atoms with Crippen LogP contribution in [0.5, 0.6) is 0 Å². The van der Waals surface area contributed by atoms with Crippen LogP contribution in [0.4, 0.5) is 10.1 Å². The molecule has 5 nitrogen and oxygen atoms in total. The highest BCUT2D eigenvalue weighted by molar-refractivity contribution is 6.03. The maximum absolute atomic E-state index is 13.4. The highest BCUT2D eigenvalue weighted by Crippen LogP contribution is 2.14. The fourth-order valence-corrected chi connectivity index (χ4v) is 1.63. The zero-order valence-corrected chi connectivity index (χ0v) is 11.5. The number of benzene rings is 1. The van der Waals surface area contributed by atoms with Crippen molar-refractivity contribution in [3.8, 4) is 0 Å². The molecule has 108 valence electrons. The summed E-state index contributed by atoms with van der Waals surface area (Å²) >= 11 is 0. The molecule has 1 N–H and O–H groups in total. The number of nitrogens with one attached hydrogen (secondary N) is 1. The topological polar surface area (TPSA) is 68.3 Å². The van der Waals surface area contributed by atoms with Gasteiger partial charge in [-0.05, 0) is 36.8 Å². The Morgan fingerprint density at radius 1 is 1.24 bits per heavy atom. The van der Waals surface area contributed by atoms with E-state index in [0.717, 1.165) is 0 Å². The molecule has 0 saturated heterocycles. The number of esters is 1. The number of ether oxygens (including phenoxy) is 1. The van der Waals surface area contributed by atoms with Crippen LogP contribution < -0.4 is 5.32 Å². The lowest BCUT2D eigenvalue weighted by Crippen LogP contribution is -2.14. The average molecular weight is 288 g/mol. The molecule has 0 radical (unpaired) electrons. The van der Waals surface area contributed by atoms with E-state index in [0.29, 0.717) is 11.3 Å². The summed E-state index contributed by atoms with van der Waals surface area (Å²) in [6, 6.07) is 7.23. The normalized spacial score (nSPS) is 10.0. The lowest BCUT2D eigenvalue weighted by Gasteiger charge is -2.06. The van der Waals surface area contributed by atoms with Crippen LogP contribution >= 0.6 is 0 Å². The van der Waals surface area contributed by atoms with Gasteiger partial charge in [0.25, 0.3) is 5.91 Å². The quantitative estimate of drug-likeness (QED) is 0.881. The second kappa shape index (κ2) is 6.13. The zero-order chi connectivity index (χ0) is 15.4. The summed E-state index contributed by atoms with van der Waals surface area (Å²) in [5.41, 5.74) is 1.19. The number of methoxy groups -OCH3 is 1. The third-order valence-electron chi connectivity index (χ3n) is 2.85. The Balaban J connectivity index is 2.13. The Bertz CT molecular complexity index is 684. The summed E-state index contributed by atoms with van der Waals surface area (Å²) in [6.07, 6.45) is 1.25. The molecule has 0 unspecified atom stereocenters. The molecule has 0 aliphatic carbocycles. The highest BCUT2D eigenvalue weighted by Gasteiger charge is 2.11. The Kier molecular flexibility index (Phi) is 4.27. The van der Waals surface area contributed by atoms with E-state index in [1.54, 1.807) is 19.1 Å². The van der Waals surface area contributed by atoms with Gasteiger partial charge in [0.15, 0.2) is 0 Å². The van der Waals surface area contributed by atoms with Crippen LogP contribution in [0.2, 0.25) is 0 Å². The molecule has 0 spiro atoms. The minimum absolute atomic E-state index is 0.114. The first-order valence-corrected chi connectivity index (χ1v) is 6.13. The molecule has 1 aromatic heterocycles. The number of carbonyl (C=O) groups excluding carboxylic acids is 2. The predicted molar refractivity (Wildman–Crippen MR) is 74.7 cm³/mol. The third kappa shape index (κ3) is 3.42. The van der Waals surface area contributed by atoms with E-state index in [1.807, 2.05) is 0 Å². The SMILES string of the molecule is COC(=O)c1ccc(C(=O)Nc2ccc(C)c(F)c2)nc1. The maximum atomic E-state index is 13.4. The summed E-state index contributed by atoms with van der Waals surface area (Å²) < 4.78 is 17.9. The van der Waals surface area contributed by atoms with Gasteiger partial charge in [0.05, 0.1) is 12.7 Å². The molecule has 0 aliphatic heterocycles. The number of aryl methyl sites for hydroxylation is 1. The van der Waals surface area contributed by atoms with Crippen molar-refractivity contribution in [1.29, 1.82) is 0 Å². The Hall–Kier alpha value is -2.76. The van der Waals surface area contributed by atoms with Crippen LogP contribution in [-0.4, -0.2) is 24.0 Å². The molecule has 0 saturated carbocycles. The summed E-state index contributed by atoms with van der Waals surface area (Å²) in [5.74, 6) is -1.42. The van der Waals surface area contributed by atoms with Gasteiger partial charge >= 0.3 is 5.97 Å². The highest BCUT2D eigenvalue weighted by atomic mass is 19.1. The molecular weight excluding hydrogens is 275 g/mol. The molecule has 0 bridgehead atoms. The number of hydrogen-bond donors (Lipinski definition) is 1. The molecule has 21 heavy (non-hydrogen) atoms. The second-order valence-electron chi connectivity index (χ2n) is 4.34. The van der Waals surface area contributed by atoms with E-state index in [1.165, 1.54) is 31.5 Å². The molecule has 0 fully saturated rings. The first-order chi connectivity index (χ1) is 10.0. The number of anilines is 1. The second-order valence-corrected chi connectivity index (χ2v) is 4.34. The van der Waals surface area contributed by atoms with Gasteiger partial charge in [-0.3, -0.25) is 9.78 Å². The minimum Gasteiger partial charge on any atom is -0.465 e. The smallest absolute Gasteiger partial charge is 0.339 e. The first kappa shape index (κ1) is 14.6. The van der Waals surface area contributed by atoms with Gasteiger partial charge in [0.1, 0.15) is 11.5 Å². The van der Waals surface area contributed by atoms with Crippen LogP contribution in [0.15, 0.2) is 36.5 Å². The first-order valence-electron chi connectivity index (χ1n) is 6.13. The molecular formula is C15H13FN2O3. The van der Waals surface area contributed by atoms with Crippen molar-refractivity contribution >= 4 is 17.6 Å². The number of hydrogen-bond acceptors (Lipinski definition) is 4. The van der Waals surface area contributed by atoms with Crippen LogP contribution in [0.3, 0.4) is 0 Å². The Morgan fingerprint density at radius 2 is 2.00 bits per heavy atom. The van der Waals surface area contributed by atoms with Gasteiger partial charge in [0.2, 0.25) is 0 Å². The van der Waals surface area contributed by atoms with Gasteiger partial charge in [-0.2, -0.15) is 0 Å². The minimum atomic E-state index is -0.532. The fourth-order valence-electron chi connectivity index (χ4n) is 1.63. The number of nitrogens with zero attached hydrogens (tertiary/aromatic N) is 1. The number of aromatic nitrogens is 1. The van der Waals surface area contributed by atoms with Crippen molar-refractivity contribution in [2.75, 3.05) is 12.4 Å². The standard InChI is InChI=1S/C15H13FN2O3/c1-9-3-5-11(7-12(9)16)18-14(19)13-6-4-10(8-17-13)15(20)21-2/h3-8H,1-2H3,(H,18,19). The Morgan fingerprint density at radius 3 is 2.57 bits per heavy atom. The Labute approximate surface area is 120 Å². The number of carbonyl (C=O) groups is 2. The number of rotatable bonds is 3. The van der Waals surface area contributed by atoms with E-state index in [4.69, 9.17) is 0 Å². The van der Waals surface area contributed by atoms with Gasteiger partial charge in [-0.1, -0.05) is 6.07 Å². The van der Waals surface area contributed by atoms with Crippen LogP contribution in [0, 0.1) is 12.7 Å². The van der Waals surface area contributed by atoms with Crippen molar-refractivity contribution < 1.29 is 18.7 Å². The largest absolute Gasteiger partial charge is 0.465 e. The number of pyridine rings is 1. The van der Waals surface area contributed by atoms with Gasteiger partial charge in [-0.15, -0.1) is 0 Å². The van der Waals surface area contributed by atoms with Crippen LogP contribution in [0.25, 0.3) is 0 Å². The van der Waals surface area contributed by atoms with Crippen LogP contribution in [0.1, 0.15) is 26.4 Å². The molecule has 1 amide bonds. The maximum Gasteiger partial charge on any atom is 0.339 e. The number of halogens is 1. The number of amides is 1. The fraction of sp³-hybridized carbons (Fsp3) is 0.133. The molecule has 0 atom stereocenters. The van der Waals surface area contributed by atoms with E-state index in [9.17, 15) is 14.0 Å². The predicted octanol–water partition coefficient (Wildman–Crippen LogP) is 2.57. The molecule has 1 aromatic carbocycles. The summed E-state index contributed by atoms with van der Waals surface area (Å²) in [5, 5.41) is 2.53. The molecule has 2 rings (SSSR count). The van der Waals surface area contributed by atoms with Crippen molar-refractivity contribution in [2.24, 2.45) is 0 Å². The van der Waals surface area contributed by atoms with Gasteiger partial charge in [-0.25, -0.2) is 9.18 Å². The third-order valence-corrected chi connectivity index (χ3v) is 2.85.